The van der Waals surface area contributed by atoms with E-state index in [2.05, 4.69) is 15.5 Å². The van der Waals surface area contributed by atoms with E-state index in [1.165, 1.54) is 0 Å². The molecule has 0 spiro atoms. The van der Waals surface area contributed by atoms with Crippen molar-refractivity contribution in [3.8, 4) is 0 Å². The summed E-state index contributed by atoms with van der Waals surface area (Å²) in [7, 11) is 1.97. The van der Waals surface area contributed by atoms with Gasteiger partial charge in [-0.25, -0.2) is 4.79 Å². The minimum Gasteiger partial charge on any atom is -0.335 e. The molecule has 1 aromatic carbocycles. The van der Waals surface area contributed by atoms with Crippen LogP contribution in [0.2, 0.25) is 0 Å². The molecule has 0 saturated carbocycles. The fourth-order valence-corrected chi connectivity index (χ4v) is 3.02. The summed E-state index contributed by atoms with van der Waals surface area (Å²) in [5, 5.41) is 11.1. The average Bonchev–Trinajstić information content (AvgIpc) is 3.05. The summed E-state index contributed by atoms with van der Waals surface area (Å²) in [6.45, 7) is 2.05. The van der Waals surface area contributed by atoms with Gasteiger partial charge in [-0.05, 0) is 18.4 Å². The van der Waals surface area contributed by atoms with Crippen LogP contribution in [0, 0.1) is 0 Å². The molecule has 1 fully saturated rings. The van der Waals surface area contributed by atoms with Gasteiger partial charge in [-0.15, -0.1) is 10.2 Å². The van der Waals surface area contributed by atoms with E-state index in [1.54, 1.807) is 6.33 Å². The maximum atomic E-state index is 12.2. The molecular weight excluding hydrogens is 302 g/mol. The first-order chi connectivity index (χ1) is 11.7. The summed E-state index contributed by atoms with van der Waals surface area (Å²) in [6, 6.07) is 10.1. The van der Waals surface area contributed by atoms with Gasteiger partial charge >= 0.3 is 6.03 Å². The number of likely N-dealkylation sites (tertiary alicyclic amines) is 1. The van der Waals surface area contributed by atoms with E-state index < -0.39 is 0 Å². The zero-order valence-electron chi connectivity index (χ0n) is 13.9. The number of aryl methyl sites for hydroxylation is 1. The number of carbonyl (C=O) groups is 1. The fraction of sp³-hybridized carbons (Fsp3) is 0.389. The Bertz CT molecular complexity index is 686. The lowest BCUT2D eigenvalue weighted by Crippen LogP contribution is -2.44. The topological polar surface area (TPSA) is 63.1 Å². The van der Waals surface area contributed by atoms with E-state index in [0.29, 0.717) is 12.5 Å². The van der Waals surface area contributed by atoms with Gasteiger partial charge in [0, 0.05) is 32.6 Å². The second-order valence-electron chi connectivity index (χ2n) is 6.06. The highest BCUT2D eigenvalue weighted by Gasteiger charge is 2.25. The van der Waals surface area contributed by atoms with Crippen LogP contribution in [0.25, 0.3) is 6.08 Å². The molecule has 0 radical (unpaired) electrons. The molecule has 1 saturated heterocycles. The molecule has 6 heteroatoms. The number of benzene rings is 1. The smallest absolute Gasteiger partial charge is 0.317 e. The summed E-state index contributed by atoms with van der Waals surface area (Å²) < 4.78 is 1.97. The third-order valence-corrected chi connectivity index (χ3v) is 4.37. The zero-order valence-corrected chi connectivity index (χ0v) is 13.9. The SMILES string of the molecule is Cn1cnnc1C1CCN(C(=O)NC/C=C/c2ccccc2)CC1. The van der Waals surface area contributed by atoms with E-state index in [1.807, 2.05) is 59.0 Å². The molecule has 0 atom stereocenters. The lowest BCUT2D eigenvalue weighted by atomic mass is 9.96. The summed E-state index contributed by atoms with van der Waals surface area (Å²) in [5.74, 6) is 1.40. The van der Waals surface area contributed by atoms with Gasteiger partial charge < -0.3 is 14.8 Å². The molecule has 126 valence electrons. The highest BCUT2D eigenvalue weighted by atomic mass is 16.2. The first-order valence-corrected chi connectivity index (χ1v) is 8.32. The molecular formula is C18H23N5O. The van der Waals surface area contributed by atoms with Gasteiger partial charge in [0.15, 0.2) is 0 Å². The minimum atomic E-state index is 0.00382. The standard InChI is InChI=1S/C18H23N5O/c1-22-14-20-21-17(22)16-9-12-23(13-10-16)18(24)19-11-5-8-15-6-3-2-4-7-15/h2-8,14,16H,9-13H2,1H3,(H,19,24)/b8-5+. The highest BCUT2D eigenvalue weighted by molar-refractivity contribution is 5.74. The third kappa shape index (κ3) is 4.01. The van der Waals surface area contributed by atoms with Gasteiger partial charge in [-0.3, -0.25) is 0 Å². The Labute approximate surface area is 142 Å². The molecule has 0 unspecified atom stereocenters. The van der Waals surface area contributed by atoms with Crippen LogP contribution in [0.5, 0.6) is 0 Å². The number of aromatic nitrogens is 3. The van der Waals surface area contributed by atoms with Crippen LogP contribution >= 0.6 is 0 Å². The Balaban J connectivity index is 1.42. The van der Waals surface area contributed by atoms with Gasteiger partial charge in [-0.1, -0.05) is 42.5 Å². The van der Waals surface area contributed by atoms with Crippen LogP contribution in [0.4, 0.5) is 4.79 Å². The van der Waals surface area contributed by atoms with Crippen LogP contribution in [0.15, 0.2) is 42.7 Å². The highest BCUT2D eigenvalue weighted by Crippen LogP contribution is 2.25. The molecule has 1 aromatic heterocycles. The molecule has 1 aliphatic heterocycles. The lowest BCUT2D eigenvalue weighted by molar-refractivity contribution is 0.181. The molecule has 3 rings (SSSR count). The number of nitrogens with one attached hydrogen (secondary N) is 1. The predicted molar refractivity (Wildman–Crippen MR) is 93.4 cm³/mol. The number of hydrogen-bond acceptors (Lipinski definition) is 3. The van der Waals surface area contributed by atoms with E-state index in [-0.39, 0.29) is 6.03 Å². The number of hydrogen-bond donors (Lipinski definition) is 1. The molecule has 6 nitrogen and oxygen atoms in total. The van der Waals surface area contributed by atoms with Crippen LogP contribution in [0.1, 0.15) is 30.1 Å². The second-order valence-corrected chi connectivity index (χ2v) is 6.06. The Hall–Kier alpha value is -2.63. The van der Waals surface area contributed by atoms with Crippen molar-refractivity contribution in [1.82, 2.24) is 25.0 Å². The summed E-state index contributed by atoms with van der Waals surface area (Å²) in [4.78, 5) is 14.1. The first kappa shape index (κ1) is 16.2. The Kier molecular flexibility index (Phi) is 5.25. The largest absolute Gasteiger partial charge is 0.335 e. The van der Waals surface area contributed by atoms with Gasteiger partial charge in [0.25, 0.3) is 0 Å². The van der Waals surface area contributed by atoms with Gasteiger partial charge in [-0.2, -0.15) is 0 Å². The van der Waals surface area contributed by atoms with Crippen LogP contribution in [-0.2, 0) is 7.05 Å². The zero-order chi connectivity index (χ0) is 16.8. The monoisotopic (exact) mass is 325 g/mol. The average molecular weight is 325 g/mol. The maximum Gasteiger partial charge on any atom is 0.317 e. The van der Waals surface area contributed by atoms with E-state index >= 15 is 0 Å². The number of nitrogens with zero attached hydrogens (tertiary/aromatic N) is 4. The maximum absolute atomic E-state index is 12.2. The lowest BCUT2D eigenvalue weighted by Gasteiger charge is -2.31. The van der Waals surface area contributed by atoms with Crippen molar-refractivity contribution in [2.45, 2.75) is 18.8 Å². The van der Waals surface area contributed by atoms with Crippen molar-refractivity contribution in [2.24, 2.45) is 7.05 Å². The quantitative estimate of drug-likeness (QED) is 0.939. The number of rotatable bonds is 4. The van der Waals surface area contributed by atoms with Crippen LogP contribution in [0.3, 0.4) is 0 Å². The molecule has 1 aliphatic rings. The van der Waals surface area contributed by atoms with E-state index in [0.717, 1.165) is 37.3 Å². The molecule has 0 bridgehead atoms. The van der Waals surface area contributed by atoms with Crippen molar-refractivity contribution in [1.29, 1.82) is 0 Å². The minimum absolute atomic E-state index is 0.00382. The predicted octanol–water partition coefficient (Wildman–Crippen LogP) is 2.42. The van der Waals surface area contributed by atoms with Crippen molar-refractivity contribution >= 4 is 12.1 Å². The molecule has 0 aliphatic carbocycles. The Morgan fingerprint density at radius 1 is 1.29 bits per heavy atom. The normalized spacial score (nSPS) is 15.8. The molecule has 24 heavy (non-hydrogen) atoms. The summed E-state index contributed by atoms with van der Waals surface area (Å²) >= 11 is 0. The Morgan fingerprint density at radius 2 is 2.04 bits per heavy atom. The first-order valence-electron chi connectivity index (χ1n) is 8.32. The summed E-state index contributed by atoms with van der Waals surface area (Å²) in [6.07, 6.45) is 7.58. The molecule has 1 N–H and O–H groups in total. The second kappa shape index (κ2) is 7.77. The van der Waals surface area contributed by atoms with Gasteiger partial charge in [0.1, 0.15) is 12.2 Å². The van der Waals surface area contributed by atoms with Crippen molar-refractivity contribution in [3.05, 3.63) is 54.1 Å². The number of piperidine rings is 1. The van der Waals surface area contributed by atoms with E-state index in [4.69, 9.17) is 0 Å². The third-order valence-electron chi connectivity index (χ3n) is 4.37. The van der Waals surface area contributed by atoms with Crippen molar-refractivity contribution in [2.75, 3.05) is 19.6 Å². The molecule has 2 heterocycles. The number of urea groups is 1. The molecule has 2 aromatic rings. The van der Waals surface area contributed by atoms with Crippen LogP contribution < -0.4 is 5.32 Å². The van der Waals surface area contributed by atoms with Crippen molar-refractivity contribution < 1.29 is 4.79 Å². The van der Waals surface area contributed by atoms with Gasteiger partial charge in [0.05, 0.1) is 0 Å². The van der Waals surface area contributed by atoms with Crippen LogP contribution in [-0.4, -0.2) is 45.3 Å². The molecule has 2 amide bonds. The number of carbonyl (C=O) groups excluding carboxylic acids is 1. The fourth-order valence-electron chi connectivity index (χ4n) is 3.02. The number of amides is 2. The summed E-state index contributed by atoms with van der Waals surface area (Å²) in [5.41, 5.74) is 1.14. The van der Waals surface area contributed by atoms with Gasteiger partial charge in [0.2, 0.25) is 0 Å². The van der Waals surface area contributed by atoms with E-state index in [9.17, 15) is 4.79 Å². The van der Waals surface area contributed by atoms with Crippen molar-refractivity contribution in [3.63, 3.8) is 0 Å². The Morgan fingerprint density at radius 3 is 2.71 bits per heavy atom.